The van der Waals surface area contributed by atoms with Gasteiger partial charge in [0.05, 0.1) is 5.69 Å². The first-order valence-electron chi connectivity index (χ1n) is 5.02. The lowest BCUT2D eigenvalue weighted by molar-refractivity contribution is -0.145. The molecule has 2 N–H and O–H groups in total. The van der Waals surface area contributed by atoms with Crippen LogP contribution in [0.2, 0.25) is 0 Å². The molecule has 1 fully saturated rings. The summed E-state index contributed by atoms with van der Waals surface area (Å²) in [5.41, 5.74) is -0.308. The molecule has 0 bridgehead atoms. The Labute approximate surface area is 87.5 Å². The van der Waals surface area contributed by atoms with E-state index in [2.05, 4.69) is 10.3 Å². The number of aromatic nitrogens is 1. The highest BCUT2D eigenvalue weighted by Gasteiger charge is 2.43. The zero-order valence-electron chi connectivity index (χ0n) is 8.62. The van der Waals surface area contributed by atoms with Gasteiger partial charge in [0.15, 0.2) is 5.89 Å². The Morgan fingerprint density at radius 1 is 1.60 bits per heavy atom. The number of aliphatic carboxylic acids is 1. The Kier molecular flexibility index (Phi) is 2.48. The lowest BCUT2D eigenvalue weighted by Crippen LogP contribution is -2.45. The summed E-state index contributed by atoms with van der Waals surface area (Å²) in [7, 11) is 0. The summed E-state index contributed by atoms with van der Waals surface area (Å²) in [5.74, 6) is -0.290. The molecule has 2 rings (SSSR count). The molecular formula is C10H14N2O3. The standard InChI is InChI=1S/C10H14N2O3/c1-7-12-8(6-15-7)10(9(13)14)2-4-11-5-3-10/h6,11H,2-5H2,1H3,(H,13,14). The fourth-order valence-corrected chi connectivity index (χ4v) is 2.02. The minimum absolute atomic E-state index is 0.518. The fraction of sp³-hybridized carbons (Fsp3) is 0.600. The Bertz CT molecular complexity index is 366. The van der Waals surface area contributed by atoms with E-state index in [4.69, 9.17) is 4.42 Å². The Balaban J connectivity index is 2.37. The second-order valence-electron chi connectivity index (χ2n) is 3.89. The number of hydrogen-bond donors (Lipinski definition) is 2. The minimum Gasteiger partial charge on any atom is -0.481 e. The molecule has 0 spiro atoms. The van der Waals surface area contributed by atoms with Gasteiger partial charge in [0.25, 0.3) is 0 Å². The number of hydrogen-bond acceptors (Lipinski definition) is 4. The fourth-order valence-electron chi connectivity index (χ4n) is 2.02. The van der Waals surface area contributed by atoms with Gasteiger partial charge in [-0.25, -0.2) is 4.98 Å². The molecule has 1 aromatic heterocycles. The molecule has 0 atom stereocenters. The van der Waals surface area contributed by atoms with Crippen molar-refractivity contribution in [2.75, 3.05) is 13.1 Å². The molecule has 5 nitrogen and oxygen atoms in total. The van der Waals surface area contributed by atoms with Crippen molar-refractivity contribution in [1.29, 1.82) is 0 Å². The van der Waals surface area contributed by atoms with Crippen LogP contribution in [0.15, 0.2) is 10.7 Å². The van der Waals surface area contributed by atoms with Gasteiger partial charge in [-0.05, 0) is 25.9 Å². The van der Waals surface area contributed by atoms with E-state index >= 15 is 0 Å². The molecular weight excluding hydrogens is 196 g/mol. The Morgan fingerprint density at radius 3 is 2.73 bits per heavy atom. The van der Waals surface area contributed by atoms with E-state index < -0.39 is 11.4 Å². The van der Waals surface area contributed by atoms with E-state index in [-0.39, 0.29) is 0 Å². The minimum atomic E-state index is -0.858. The van der Waals surface area contributed by atoms with Gasteiger partial charge in [0.1, 0.15) is 11.7 Å². The largest absolute Gasteiger partial charge is 0.481 e. The highest BCUT2D eigenvalue weighted by Crippen LogP contribution is 2.33. The van der Waals surface area contributed by atoms with Gasteiger partial charge >= 0.3 is 5.97 Å². The van der Waals surface area contributed by atoms with Crippen molar-refractivity contribution in [2.24, 2.45) is 0 Å². The van der Waals surface area contributed by atoms with Crippen LogP contribution in [0.4, 0.5) is 0 Å². The van der Waals surface area contributed by atoms with E-state index in [9.17, 15) is 9.90 Å². The van der Waals surface area contributed by atoms with Crippen molar-refractivity contribution in [3.8, 4) is 0 Å². The monoisotopic (exact) mass is 210 g/mol. The van der Waals surface area contributed by atoms with Gasteiger partial charge in [-0.3, -0.25) is 4.79 Å². The van der Waals surface area contributed by atoms with Crippen LogP contribution in [0.1, 0.15) is 24.4 Å². The molecule has 0 aromatic carbocycles. The first-order valence-corrected chi connectivity index (χ1v) is 5.02. The van der Waals surface area contributed by atoms with Crippen LogP contribution >= 0.6 is 0 Å². The summed E-state index contributed by atoms with van der Waals surface area (Å²) in [6.07, 6.45) is 2.59. The van der Waals surface area contributed by atoms with E-state index in [1.807, 2.05) is 0 Å². The van der Waals surface area contributed by atoms with Crippen LogP contribution in [0.5, 0.6) is 0 Å². The lowest BCUT2D eigenvalue weighted by Gasteiger charge is -2.31. The predicted molar refractivity (Wildman–Crippen MR) is 52.7 cm³/mol. The molecule has 2 heterocycles. The number of oxazole rings is 1. The first kappa shape index (κ1) is 10.2. The number of carboxylic acids is 1. The molecule has 0 unspecified atom stereocenters. The SMILES string of the molecule is Cc1nc(C2(C(=O)O)CCNCC2)co1. The quantitative estimate of drug-likeness (QED) is 0.751. The second kappa shape index (κ2) is 3.66. The van der Waals surface area contributed by atoms with Crippen molar-refractivity contribution in [1.82, 2.24) is 10.3 Å². The Morgan fingerprint density at radius 2 is 2.27 bits per heavy atom. The molecule has 0 saturated carbocycles. The molecule has 1 aromatic rings. The highest BCUT2D eigenvalue weighted by molar-refractivity contribution is 5.80. The van der Waals surface area contributed by atoms with Crippen LogP contribution < -0.4 is 5.32 Å². The van der Waals surface area contributed by atoms with Crippen molar-refractivity contribution >= 4 is 5.97 Å². The highest BCUT2D eigenvalue weighted by atomic mass is 16.4. The first-order chi connectivity index (χ1) is 7.15. The third-order valence-electron chi connectivity index (χ3n) is 2.98. The van der Waals surface area contributed by atoms with Gasteiger partial charge in [-0.2, -0.15) is 0 Å². The molecule has 0 amide bonds. The second-order valence-corrected chi connectivity index (χ2v) is 3.89. The zero-order valence-corrected chi connectivity index (χ0v) is 8.62. The lowest BCUT2D eigenvalue weighted by atomic mass is 9.76. The number of rotatable bonds is 2. The normalized spacial score (nSPS) is 20.1. The molecule has 1 aliphatic heterocycles. The summed E-state index contributed by atoms with van der Waals surface area (Å²) in [5, 5.41) is 12.5. The smallest absolute Gasteiger partial charge is 0.315 e. The van der Waals surface area contributed by atoms with Gasteiger partial charge in [0, 0.05) is 6.92 Å². The van der Waals surface area contributed by atoms with Gasteiger partial charge in [-0.15, -0.1) is 0 Å². The van der Waals surface area contributed by atoms with Crippen LogP contribution in [-0.2, 0) is 10.2 Å². The van der Waals surface area contributed by atoms with Gasteiger partial charge < -0.3 is 14.8 Å². The van der Waals surface area contributed by atoms with Gasteiger partial charge in [-0.1, -0.05) is 0 Å². The summed E-state index contributed by atoms with van der Waals surface area (Å²) in [6, 6.07) is 0. The zero-order chi connectivity index (χ0) is 10.9. The van der Waals surface area contributed by atoms with E-state index in [0.29, 0.717) is 37.5 Å². The predicted octanol–water partition coefficient (Wildman–Crippen LogP) is 0.689. The maximum Gasteiger partial charge on any atom is 0.315 e. The molecule has 0 radical (unpaired) electrons. The number of carboxylic acid groups (broad SMARTS) is 1. The molecule has 82 valence electrons. The van der Waals surface area contributed by atoms with Crippen molar-refractivity contribution in [3.05, 3.63) is 17.8 Å². The number of nitrogens with zero attached hydrogens (tertiary/aromatic N) is 1. The number of aryl methyl sites for hydroxylation is 1. The van der Waals surface area contributed by atoms with Crippen molar-refractivity contribution in [2.45, 2.75) is 25.2 Å². The van der Waals surface area contributed by atoms with Crippen LogP contribution in [0.3, 0.4) is 0 Å². The average molecular weight is 210 g/mol. The summed E-state index contributed by atoms with van der Waals surface area (Å²) < 4.78 is 5.10. The molecule has 0 aliphatic carbocycles. The molecule has 15 heavy (non-hydrogen) atoms. The number of nitrogens with one attached hydrogen (secondary N) is 1. The number of piperidine rings is 1. The van der Waals surface area contributed by atoms with E-state index in [0.717, 1.165) is 0 Å². The topological polar surface area (TPSA) is 75.4 Å². The van der Waals surface area contributed by atoms with E-state index in [1.165, 1.54) is 6.26 Å². The van der Waals surface area contributed by atoms with Crippen molar-refractivity contribution < 1.29 is 14.3 Å². The van der Waals surface area contributed by atoms with Crippen LogP contribution in [0, 0.1) is 6.92 Å². The molecule has 1 saturated heterocycles. The third-order valence-corrected chi connectivity index (χ3v) is 2.98. The number of carbonyl (C=O) groups is 1. The molecule has 5 heteroatoms. The van der Waals surface area contributed by atoms with Crippen molar-refractivity contribution in [3.63, 3.8) is 0 Å². The maximum absolute atomic E-state index is 11.4. The van der Waals surface area contributed by atoms with Gasteiger partial charge in [0.2, 0.25) is 0 Å². The maximum atomic E-state index is 11.4. The summed E-state index contributed by atoms with van der Waals surface area (Å²) in [6.45, 7) is 3.14. The Hall–Kier alpha value is -1.36. The third kappa shape index (κ3) is 1.63. The van der Waals surface area contributed by atoms with Crippen LogP contribution in [-0.4, -0.2) is 29.1 Å². The average Bonchev–Trinajstić information content (AvgIpc) is 2.66. The van der Waals surface area contributed by atoms with E-state index in [1.54, 1.807) is 6.92 Å². The summed E-state index contributed by atoms with van der Waals surface area (Å²) in [4.78, 5) is 15.5. The van der Waals surface area contributed by atoms with Crippen LogP contribution in [0.25, 0.3) is 0 Å². The summed E-state index contributed by atoms with van der Waals surface area (Å²) >= 11 is 0. The molecule has 1 aliphatic rings.